The van der Waals surface area contributed by atoms with Crippen molar-refractivity contribution in [1.82, 2.24) is 9.97 Å². The standard InChI is InChI=1S/C3H2N2O.C3H4N2/c6-3-4-1-2-5-3;1-2-5-3-4-1/h1-2H;1-3H,(H,4,5). The van der Waals surface area contributed by atoms with Gasteiger partial charge in [-0.25, -0.2) is 9.78 Å². The van der Waals surface area contributed by atoms with Crippen LogP contribution in [0.5, 0.6) is 0 Å². The molecule has 2 heterocycles. The minimum absolute atomic E-state index is 0.407. The van der Waals surface area contributed by atoms with E-state index in [2.05, 4.69) is 20.0 Å². The van der Waals surface area contributed by atoms with Gasteiger partial charge in [0.05, 0.1) is 18.8 Å². The Labute approximate surface area is 62.9 Å². The normalized spacial score (nSPS) is 12.9. The maximum absolute atomic E-state index is 9.85. The number of aliphatic imine (C=N–C) groups is 2. The smallest absolute Gasteiger partial charge is 0.351 e. The molecule has 0 saturated carbocycles. The van der Waals surface area contributed by atoms with Gasteiger partial charge in [0, 0.05) is 12.4 Å². The summed E-state index contributed by atoms with van der Waals surface area (Å²) in [6, 6.07) is -0.407. The molecule has 0 aromatic carbocycles. The Hall–Kier alpha value is -1.78. The largest absolute Gasteiger partial charge is 0.367 e. The van der Waals surface area contributed by atoms with Crippen molar-refractivity contribution in [3.05, 3.63) is 18.7 Å². The second-order valence-electron chi connectivity index (χ2n) is 1.60. The predicted octanol–water partition coefficient (Wildman–Crippen LogP) is 0.671. The third kappa shape index (κ3) is 3.04. The molecule has 1 aromatic rings. The lowest BCUT2D eigenvalue weighted by Crippen LogP contribution is -1.70. The van der Waals surface area contributed by atoms with Gasteiger partial charge in [-0.05, 0) is 0 Å². The first kappa shape index (κ1) is 7.33. The van der Waals surface area contributed by atoms with E-state index in [1.54, 1.807) is 18.7 Å². The fourth-order valence-corrected chi connectivity index (χ4v) is 0.443. The summed E-state index contributed by atoms with van der Waals surface area (Å²) in [5, 5.41) is 0. The maximum Gasteiger partial charge on any atom is 0.367 e. The number of aromatic nitrogens is 2. The molecule has 0 radical (unpaired) electrons. The first-order valence-corrected chi connectivity index (χ1v) is 2.93. The van der Waals surface area contributed by atoms with Gasteiger partial charge in [-0.2, -0.15) is 9.98 Å². The monoisotopic (exact) mass is 150 g/mol. The molecule has 2 rings (SSSR count). The molecule has 0 fully saturated rings. The van der Waals surface area contributed by atoms with Crippen LogP contribution < -0.4 is 0 Å². The van der Waals surface area contributed by atoms with E-state index in [4.69, 9.17) is 0 Å². The van der Waals surface area contributed by atoms with E-state index in [0.29, 0.717) is 0 Å². The van der Waals surface area contributed by atoms with Crippen molar-refractivity contribution < 1.29 is 4.79 Å². The van der Waals surface area contributed by atoms with Crippen molar-refractivity contribution in [1.29, 1.82) is 0 Å². The molecule has 5 nitrogen and oxygen atoms in total. The van der Waals surface area contributed by atoms with E-state index in [0.717, 1.165) is 0 Å². The van der Waals surface area contributed by atoms with Crippen LogP contribution in [0.2, 0.25) is 0 Å². The zero-order chi connectivity index (χ0) is 7.94. The van der Waals surface area contributed by atoms with Crippen LogP contribution >= 0.6 is 0 Å². The Morgan fingerprint density at radius 3 is 2.18 bits per heavy atom. The van der Waals surface area contributed by atoms with Crippen molar-refractivity contribution in [2.24, 2.45) is 9.98 Å². The summed E-state index contributed by atoms with van der Waals surface area (Å²) in [5.74, 6) is 0. The second kappa shape index (κ2) is 4.10. The number of nitrogens with one attached hydrogen (secondary N) is 1. The zero-order valence-corrected chi connectivity index (χ0v) is 5.64. The molecule has 0 bridgehead atoms. The van der Waals surface area contributed by atoms with Gasteiger partial charge in [-0.1, -0.05) is 0 Å². The minimum atomic E-state index is -0.407. The molecule has 56 valence electrons. The van der Waals surface area contributed by atoms with Crippen molar-refractivity contribution in [2.45, 2.75) is 0 Å². The number of hydrogen-bond acceptors (Lipinski definition) is 2. The van der Waals surface area contributed by atoms with Crippen molar-refractivity contribution in [2.75, 3.05) is 0 Å². The first-order valence-electron chi connectivity index (χ1n) is 2.93. The number of urea groups is 1. The van der Waals surface area contributed by atoms with E-state index in [1.807, 2.05) is 0 Å². The molecule has 0 aliphatic carbocycles. The highest BCUT2D eigenvalue weighted by molar-refractivity contribution is 6.25. The lowest BCUT2D eigenvalue weighted by atomic mass is 10.9. The van der Waals surface area contributed by atoms with Crippen LogP contribution in [0.25, 0.3) is 0 Å². The fourth-order valence-electron chi connectivity index (χ4n) is 0.443. The third-order valence-corrected chi connectivity index (χ3v) is 0.843. The molecular formula is C6H6N4O. The van der Waals surface area contributed by atoms with Crippen LogP contribution in [0.3, 0.4) is 0 Å². The molecule has 0 unspecified atom stereocenters. The fraction of sp³-hybridized carbons (Fsp3) is 0. The number of nitrogens with zero attached hydrogens (tertiary/aromatic N) is 3. The minimum Gasteiger partial charge on any atom is -0.351 e. The van der Waals surface area contributed by atoms with Gasteiger partial charge in [-0.3, -0.25) is 0 Å². The lowest BCUT2D eigenvalue weighted by molar-refractivity contribution is 0.257. The SMILES string of the molecule is O=C1N=CC=N1.c1c[nH]cn1. The summed E-state index contributed by atoms with van der Waals surface area (Å²) in [6.45, 7) is 0. The highest BCUT2D eigenvalue weighted by Crippen LogP contribution is 1.81. The van der Waals surface area contributed by atoms with E-state index in [9.17, 15) is 4.79 Å². The van der Waals surface area contributed by atoms with Crippen LogP contribution in [0, 0.1) is 0 Å². The number of carbonyl (C=O) groups is 1. The molecule has 11 heavy (non-hydrogen) atoms. The number of rotatable bonds is 0. The first-order chi connectivity index (χ1) is 5.39. The van der Waals surface area contributed by atoms with Crippen LogP contribution in [-0.2, 0) is 0 Å². The molecule has 5 heteroatoms. The van der Waals surface area contributed by atoms with Crippen LogP contribution in [0.15, 0.2) is 28.7 Å². The Morgan fingerprint density at radius 1 is 1.27 bits per heavy atom. The summed E-state index contributed by atoms with van der Waals surface area (Å²) in [6.07, 6.45) is 7.81. The molecule has 0 atom stereocenters. The van der Waals surface area contributed by atoms with Gasteiger partial charge in [-0.15, -0.1) is 0 Å². The van der Waals surface area contributed by atoms with Gasteiger partial charge in [0.25, 0.3) is 0 Å². The quantitative estimate of drug-likeness (QED) is 0.590. The van der Waals surface area contributed by atoms with Crippen molar-refractivity contribution >= 4 is 18.5 Å². The van der Waals surface area contributed by atoms with E-state index >= 15 is 0 Å². The zero-order valence-electron chi connectivity index (χ0n) is 5.64. The molecular weight excluding hydrogens is 144 g/mol. The predicted molar refractivity (Wildman–Crippen MR) is 41.0 cm³/mol. The summed E-state index contributed by atoms with van der Waals surface area (Å²) in [4.78, 5) is 22.8. The van der Waals surface area contributed by atoms with E-state index in [1.165, 1.54) is 12.4 Å². The highest BCUT2D eigenvalue weighted by atomic mass is 16.2. The number of aromatic amines is 1. The van der Waals surface area contributed by atoms with Crippen LogP contribution in [0.1, 0.15) is 0 Å². The number of H-pyrrole nitrogens is 1. The number of carbonyl (C=O) groups excluding carboxylic acids is 1. The average Bonchev–Trinajstić information content (AvgIpc) is 2.57. The Balaban J connectivity index is 0.000000112. The summed E-state index contributed by atoms with van der Waals surface area (Å²) in [7, 11) is 0. The molecule has 1 N–H and O–H groups in total. The molecule has 2 amide bonds. The molecule has 1 aliphatic heterocycles. The van der Waals surface area contributed by atoms with Gasteiger partial charge in [0.15, 0.2) is 0 Å². The van der Waals surface area contributed by atoms with E-state index < -0.39 is 6.03 Å². The van der Waals surface area contributed by atoms with Gasteiger partial charge in [0.1, 0.15) is 0 Å². The van der Waals surface area contributed by atoms with Gasteiger partial charge < -0.3 is 4.98 Å². The Bertz CT molecular complexity index is 231. The number of hydrogen-bond donors (Lipinski definition) is 1. The van der Waals surface area contributed by atoms with E-state index in [-0.39, 0.29) is 0 Å². The van der Waals surface area contributed by atoms with Crippen LogP contribution in [0.4, 0.5) is 4.79 Å². The van der Waals surface area contributed by atoms with Gasteiger partial charge in [0.2, 0.25) is 0 Å². The average molecular weight is 150 g/mol. The molecule has 0 spiro atoms. The molecule has 1 aliphatic rings. The Kier molecular flexibility index (Phi) is 2.73. The summed E-state index contributed by atoms with van der Waals surface area (Å²) in [5.41, 5.74) is 0. The summed E-state index contributed by atoms with van der Waals surface area (Å²) < 4.78 is 0. The third-order valence-electron chi connectivity index (χ3n) is 0.843. The highest BCUT2D eigenvalue weighted by Gasteiger charge is 1.91. The summed E-state index contributed by atoms with van der Waals surface area (Å²) >= 11 is 0. The Morgan fingerprint density at radius 2 is 2.00 bits per heavy atom. The van der Waals surface area contributed by atoms with Crippen LogP contribution in [-0.4, -0.2) is 28.4 Å². The topological polar surface area (TPSA) is 70.5 Å². The number of imidazole rings is 1. The number of amides is 2. The molecule has 1 aromatic heterocycles. The second-order valence-corrected chi connectivity index (χ2v) is 1.60. The van der Waals surface area contributed by atoms with Crippen molar-refractivity contribution in [3.63, 3.8) is 0 Å². The van der Waals surface area contributed by atoms with Gasteiger partial charge >= 0.3 is 6.03 Å². The lowest BCUT2D eigenvalue weighted by Gasteiger charge is -1.62. The van der Waals surface area contributed by atoms with Crippen molar-refractivity contribution in [3.8, 4) is 0 Å². The molecule has 0 saturated heterocycles. The maximum atomic E-state index is 9.85.